The van der Waals surface area contributed by atoms with Crippen LogP contribution in [0.25, 0.3) is 11.3 Å². The molecule has 2 heterocycles. The number of amides is 1. The van der Waals surface area contributed by atoms with Crippen LogP contribution in [0.2, 0.25) is 0 Å². The van der Waals surface area contributed by atoms with E-state index in [1.54, 1.807) is 12.3 Å². The van der Waals surface area contributed by atoms with Crippen molar-refractivity contribution in [2.45, 2.75) is 38.3 Å². The Hall–Kier alpha value is -2.70. The molecule has 2 aliphatic rings. The predicted molar refractivity (Wildman–Crippen MR) is 94.1 cm³/mol. The van der Waals surface area contributed by atoms with E-state index in [1.807, 2.05) is 19.1 Å². The highest BCUT2D eigenvalue weighted by Crippen LogP contribution is 2.61. The number of nitrogens with one attached hydrogen (secondary N) is 2. The van der Waals surface area contributed by atoms with Crippen LogP contribution in [0.3, 0.4) is 0 Å². The van der Waals surface area contributed by atoms with Gasteiger partial charge in [0.1, 0.15) is 12.4 Å². The lowest BCUT2D eigenvalue weighted by Crippen LogP contribution is -2.33. The van der Waals surface area contributed by atoms with E-state index >= 15 is 0 Å². The van der Waals surface area contributed by atoms with Crippen LogP contribution < -0.4 is 16.2 Å². The number of hydrogen-bond donors (Lipinski definition) is 2. The van der Waals surface area contributed by atoms with E-state index in [0.717, 1.165) is 17.3 Å². The van der Waals surface area contributed by atoms with Gasteiger partial charge >= 0.3 is 0 Å². The molecule has 0 radical (unpaired) electrons. The summed E-state index contributed by atoms with van der Waals surface area (Å²) < 4.78 is 1.18. The molecule has 0 spiro atoms. The number of carbonyl (C=O) groups excluding carboxylic acids is 1. The Morgan fingerprint density at radius 1 is 1.36 bits per heavy atom. The molecule has 2 atom stereocenters. The summed E-state index contributed by atoms with van der Waals surface area (Å²) >= 11 is 0. The van der Waals surface area contributed by atoms with Gasteiger partial charge in [-0.2, -0.15) is 5.10 Å². The molecule has 2 aromatic heterocycles. The largest absolute Gasteiger partial charge is 0.364 e. The van der Waals surface area contributed by atoms with Crippen LogP contribution in [0.15, 0.2) is 35.3 Å². The molecule has 2 N–H and O–H groups in total. The highest BCUT2D eigenvalue weighted by Gasteiger charge is 2.61. The number of aromatic nitrogens is 3. The van der Waals surface area contributed by atoms with Crippen molar-refractivity contribution >= 4 is 11.7 Å². The summed E-state index contributed by atoms with van der Waals surface area (Å²) in [7, 11) is 0. The highest BCUT2D eigenvalue weighted by atomic mass is 16.2. The normalized spacial score (nSPS) is 23.3. The maximum Gasteiger partial charge on any atom is 0.267 e. The van der Waals surface area contributed by atoms with Gasteiger partial charge in [-0.15, -0.1) is 0 Å². The van der Waals surface area contributed by atoms with Crippen molar-refractivity contribution in [3.63, 3.8) is 0 Å². The Kier molecular flexibility index (Phi) is 3.78. The second-order valence-electron chi connectivity index (χ2n) is 6.82. The van der Waals surface area contributed by atoms with Gasteiger partial charge in [0.15, 0.2) is 0 Å². The lowest BCUT2D eigenvalue weighted by Gasteiger charge is -2.27. The maximum absolute atomic E-state index is 11.9. The summed E-state index contributed by atoms with van der Waals surface area (Å²) in [6, 6.07) is 6.96. The Morgan fingerprint density at radius 2 is 2.24 bits per heavy atom. The Bertz CT molecular complexity index is 857. The number of anilines is 1. The molecule has 2 saturated carbocycles. The monoisotopic (exact) mass is 339 g/mol. The van der Waals surface area contributed by atoms with Crippen LogP contribution >= 0.6 is 0 Å². The third kappa shape index (κ3) is 3.01. The number of pyridine rings is 1. The summed E-state index contributed by atoms with van der Waals surface area (Å²) in [5, 5.41) is 10.5. The average Bonchev–Trinajstić information content (AvgIpc) is 3.11. The second kappa shape index (κ2) is 5.98. The molecule has 2 aromatic rings. The molecule has 7 nitrogen and oxygen atoms in total. The fourth-order valence-corrected chi connectivity index (χ4v) is 3.48. The van der Waals surface area contributed by atoms with Gasteiger partial charge in [0.25, 0.3) is 5.56 Å². The van der Waals surface area contributed by atoms with Crippen LogP contribution in [0.5, 0.6) is 0 Å². The molecule has 7 heteroatoms. The summed E-state index contributed by atoms with van der Waals surface area (Å²) in [5.41, 5.74) is 1.44. The van der Waals surface area contributed by atoms with Gasteiger partial charge in [0.2, 0.25) is 5.91 Å². The van der Waals surface area contributed by atoms with Crippen molar-refractivity contribution < 1.29 is 4.79 Å². The summed E-state index contributed by atoms with van der Waals surface area (Å²) in [6.45, 7) is 2.27. The SMILES string of the molecule is CCNC(=O)Cn1nc(-c2ccc(NC34CCC3C4)nc2)ccc1=O. The maximum atomic E-state index is 11.9. The van der Waals surface area contributed by atoms with Gasteiger partial charge in [-0.3, -0.25) is 9.59 Å². The predicted octanol–water partition coefficient (Wildman–Crippen LogP) is 1.41. The standard InChI is InChI=1S/C18H21N5O2/c1-2-19-16(24)11-23-17(25)6-4-14(22-23)12-3-5-15(20-10-12)21-18-8-7-13(18)9-18/h3-6,10,13H,2,7-9,11H2,1H3,(H,19,24)(H,20,21). The zero-order valence-electron chi connectivity index (χ0n) is 14.2. The molecule has 4 rings (SSSR count). The molecule has 0 bridgehead atoms. The zero-order valence-corrected chi connectivity index (χ0v) is 14.2. The van der Waals surface area contributed by atoms with Gasteiger partial charge in [-0.05, 0) is 50.3 Å². The third-order valence-electron chi connectivity index (χ3n) is 5.14. The van der Waals surface area contributed by atoms with Gasteiger partial charge in [0, 0.05) is 29.9 Å². The van der Waals surface area contributed by atoms with E-state index < -0.39 is 0 Å². The topological polar surface area (TPSA) is 88.9 Å². The quantitative estimate of drug-likeness (QED) is 0.830. The van der Waals surface area contributed by atoms with Gasteiger partial charge in [0.05, 0.1) is 5.69 Å². The highest BCUT2D eigenvalue weighted by molar-refractivity contribution is 5.75. The van der Waals surface area contributed by atoms with Crippen LogP contribution in [0.1, 0.15) is 26.2 Å². The van der Waals surface area contributed by atoms with Crippen molar-refractivity contribution in [2.24, 2.45) is 5.92 Å². The molecule has 130 valence electrons. The minimum Gasteiger partial charge on any atom is -0.364 e. The Morgan fingerprint density at radius 3 is 2.84 bits per heavy atom. The van der Waals surface area contributed by atoms with Crippen LogP contribution in [-0.4, -0.2) is 32.8 Å². The number of carbonyl (C=O) groups is 1. The van der Waals surface area contributed by atoms with Gasteiger partial charge < -0.3 is 10.6 Å². The fourth-order valence-electron chi connectivity index (χ4n) is 3.48. The van der Waals surface area contributed by atoms with Crippen molar-refractivity contribution in [1.82, 2.24) is 20.1 Å². The van der Waals surface area contributed by atoms with Crippen LogP contribution in [0, 0.1) is 5.92 Å². The van der Waals surface area contributed by atoms with Crippen molar-refractivity contribution in [3.8, 4) is 11.3 Å². The average molecular weight is 339 g/mol. The van der Waals surface area contributed by atoms with Crippen molar-refractivity contribution in [2.75, 3.05) is 11.9 Å². The zero-order chi connectivity index (χ0) is 17.4. The number of hydrogen-bond acceptors (Lipinski definition) is 5. The van der Waals surface area contributed by atoms with E-state index in [4.69, 9.17) is 0 Å². The molecule has 25 heavy (non-hydrogen) atoms. The molecule has 0 saturated heterocycles. The molecule has 2 unspecified atom stereocenters. The molecule has 1 amide bonds. The lowest BCUT2D eigenvalue weighted by atomic mass is 9.93. The van der Waals surface area contributed by atoms with E-state index in [-0.39, 0.29) is 18.0 Å². The van der Waals surface area contributed by atoms with Crippen LogP contribution in [-0.2, 0) is 11.3 Å². The van der Waals surface area contributed by atoms with E-state index in [0.29, 0.717) is 17.8 Å². The van der Waals surface area contributed by atoms with E-state index in [1.165, 1.54) is 30.0 Å². The molecular weight excluding hydrogens is 318 g/mol. The Balaban J connectivity index is 1.50. The first-order chi connectivity index (χ1) is 12.1. The van der Waals surface area contributed by atoms with Crippen molar-refractivity contribution in [1.29, 1.82) is 0 Å². The third-order valence-corrected chi connectivity index (χ3v) is 5.14. The Labute approximate surface area is 145 Å². The minimum absolute atomic E-state index is 0.0858. The first-order valence-electron chi connectivity index (χ1n) is 8.69. The van der Waals surface area contributed by atoms with Crippen LogP contribution in [0.4, 0.5) is 5.82 Å². The number of nitrogens with zero attached hydrogens (tertiary/aromatic N) is 3. The summed E-state index contributed by atoms with van der Waals surface area (Å²) in [6.07, 6.45) is 5.55. The van der Waals surface area contributed by atoms with E-state index in [2.05, 4.69) is 20.7 Å². The lowest BCUT2D eigenvalue weighted by molar-refractivity contribution is -0.121. The number of rotatable bonds is 6. The molecule has 0 aromatic carbocycles. The van der Waals surface area contributed by atoms with E-state index in [9.17, 15) is 9.59 Å². The summed E-state index contributed by atoms with van der Waals surface area (Å²) in [4.78, 5) is 28.1. The van der Waals surface area contributed by atoms with Gasteiger partial charge in [-0.25, -0.2) is 9.67 Å². The smallest absolute Gasteiger partial charge is 0.267 e. The molecule has 0 aliphatic heterocycles. The number of likely N-dealkylation sites (N-methyl/N-ethyl adjacent to an activating group) is 1. The molecule has 2 aliphatic carbocycles. The summed E-state index contributed by atoms with van der Waals surface area (Å²) in [5.74, 6) is 1.47. The van der Waals surface area contributed by atoms with Gasteiger partial charge in [-0.1, -0.05) is 0 Å². The van der Waals surface area contributed by atoms with Crippen molar-refractivity contribution in [3.05, 3.63) is 40.8 Å². The number of fused-ring (bicyclic) bond motifs is 1. The minimum atomic E-state index is -0.301. The molecule has 2 fully saturated rings. The second-order valence-corrected chi connectivity index (χ2v) is 6.82. The fraction of sp³-hybridized carbons (Fsp3) is 0.444. The molecular formula is C18H21N5O2. The first-order valence-corrected chi connectivity index (χ1v) is 8.69. The first kappa shape index (κ1) is 15.8.